The number of alkyl halides is 2. The van der Waals surface area contributed by atoms with E-state index in [4.69, 9.17) is 5.11 Å². The van der Waals surface area contributed by atoms with Crippen LogP contribution in [0.4, 0.5) is 14.5 Å². The van der Waals surface area contributed by atoms with Crippen molar-refractivity contribution in [3.63, 3.8) is 0 Å². The third kappa shape index (κ3) is 1.93. The molecule has 20 heavy (non-hydrogen) atoms. The number of carbonyl (C=O) groups is 2. The van der Waals surface area contributed by atoms with Crippen LogP contribution >= 0.6 is 0 Å². The van der Waals surface area contributed by atoms with Crippen molar-refractivity contribution in [2.45, 2.75) is 12.7 Å². The van der Waals surface area contributed by atoms with Crippen LogP contribution in [0.5, 0.6) is 11.5 Å². The summed E-state index contributed by atoms with van der Waals surface area (Å²) in [5.41, 5.74) is 0.0911. The summed E-state index contributed by atoms with van der Waals surface area (Å²) in [4.78, 5) is 23.9. The Morgan fingerprint density at radius 1 is 1.40 bits per heavy atom. The Balaban J connectivity index is 1.96. The van der Waals surface area contributed by atoms with Crippen LogP contribution < -0.4 is 14.4 Å². The summed E-state index contributed by atoms with van der Waals surface area (Å²) in [6.07, 6.45) is -3.95. The van der Waals surface area contributed by atoms with Crippen molar-refractivity contribution in [2.75, 3.05) is 11.4 Å². The molecule has 106 valence electrons. The molecule has 3 rings (SSSR count). The maximum Gasteiger partial charge on any atom is 0.586 e. The molecule has 1 unspecified atom stereocenters. The zero-order valence-electron chi connectivity index (χ0n) is 10.0. The van der Waals surface area contributed by atoms with Crippen molar-refractivity contribution >= 4 is 17.6 Å². The van der Waals surface area contributed by atoms with Gasteiger partial charge in [-0.1, -0.05) is 6.07 Å². The summed E-state index contributed by atoms with van der Waals surface area (Å²) in [6, 6.07) is 4.13. The zero-order chi connectivity index (χ0) is 14.5. The number of anilines is 1. The van der Waals surface area contributed by atoms with Gasteiger partial charge in [0.2, 0.25) is 5.91 Å². The third-order valence-corrected chi connectivity index (χ3v) is 3.17. The van der Waals surface area contributed by atoms with E-state index in [1.807, 2.05) is 0 Å². The van der Waals surface area contributed by atoms with E-state index in [9.17, 15) is 18.4 Å². The first kappa shape index (κ1) is 12.6. The van der Waals surface area contributed by atoms with Crippen molar-refractivity contribution in [1.82, 2.24) is 0 Å². The van der Waals surface area contributed by atoms with Crippen molar-refractivity contribution in [3.05, 3.63) is 18.2 Å². The van der Waals surface area contributed by atoms with Crippen LogP contribution in [0.3, 0.4) is 0 Å². The van der Waals surface area contributed by atoms with Gasteiger partial charge in [-0.15, -0.1) is 8.78 Å². The minimum Gasteiger partial charge on any atom is -0.481 e. The molecule has 0 aliphatic carbocycles. The molecule has 1 amide bonds. The van der Waals surface area contributed by atoms with E-state index in [0.717, 1.165) is 4.90 Å². The zero-order valence-corrected chi connectivity index (χ0v) is 10.0. The summed E-state index contributed by atoms with van der Waals surface area (Å²) in [5.74, 6) is -2.85. The molecule has 1 fully saturated rings. The Kier molecular flexibility index (Phi) is 2.56. The average Bonchev–Trinajstić information content (AvgIpc) is 2.87. The molecule has 0 radical (unpaired) electrons. The first-order valence-corrected chi connectivity index (χ1v) is 5.79. The first-order valence-electron chi connectivity index (χ1n) is 5.79. The van der Waals surface area contributed by atoms with Gasteiger partial charge < -0.3 is 19.5 Å². The number of fused-ring (bicyclic) bond motifs is 1. The van der Waals surface area contributed by atoms with Gasteiger partial charge in [-0.05, 0) is 12.1 Å². The molecule has 2 aliphatic heterocycles. The highest BCUT2D eigenvalue weighted by Crippen LogP contribution is 2.48. The van der Waals surface area contributed by atoms with Gasteiger partial charge in [0.05, 0.1) is 11.6 Å². The summed E-state index contributed by atoms with van der Waals surface area (Å²) in [5, 5.41) is 8.92. The SMILES string of the molecule is O=C(O)C1CC(=O)N(c2cccc3c2OC(F)(F)O3)C1. The van der Waals surface area contributed by atoms with E-state index in [0.29, 0.717) is 0 Å². The molecule has 2 aliphatic rings. The van der Waals surface area contributed by atoms with E-state index >= 15 is 0 Å². The Bertz CT molecular complexity index is 604. The van der Waals surface area contributed by atoms with Crippen molar-refractivity contribution < 1.29 is 33.0 Å². The van der Waals surface area contributed by atoms with E-state index in [2.05, 4.69) is 9.47 Å². The lowest BCUT2D eigenvalue weighted by Gasteiger charge is -2.17. The topological polar surface area (TPSA) is 76.1 Å². The fourth-order valence-corrected chi connectivity index (χ4v) is 2.27. The molecular formula is C12H9F2NO5. The molecule has 8 heteroatoms. The maximum absolute atomic E-state index is 13.1. The molecule has 0 aromatic heterocycles. The number of aliphatic carboxylic acids is 1. The number of carboxylic acid groups (broad SMARTS) is 1. The molecule has 1 N–H and O–H groups in total. The fraction of sp³-hybridized carbons (Fsp3) is 0.333. The summed E-state index contributed by atoms with van der Waals surface area (Å²) in [7, 11) is 0. The van der Waals surface area contributed by atoms with E-state index in [-0.39, 0.29) is 30.2 Å². The Morgan fingerprint density at radius 3 is 2.80 bits per heavy atom. The smallest absolute Gasteiger partial charge is 0.481 e. The van der Waals surface area contributed by atoms with Crippen molar-refractivity contribution in [1.29, 1.82) is 0 Å². The van der Waals surface area contributed by atoms with Gasteiger partial charge in [-0.25, -0.2) is 0 Å². The molecule has 6 nitrogen and oxygen atoms in total. The second kappa shape index (κ2) is 4.06. The third-order valence-electron chi connectivity index (χ3n) is 3.17. The van der Waals surface area contributed by atoms with Gasteiger partial charge in [0.25, 0.3) is 0 Å². The fourth-order valence-electron chi connectivity index (χ4n) is 2.27. The first-order chi connectivity index (χ1) is 9.37. The summed E-state index contributed by atoms with van der Waals surface area (Å²) >= 11 is 0. The van der Waals surface area contributed by atoms with Crippen LogP contribution in [0, 0.1) is 5.92 Å². The number of ether oxygens (including phenoxy) is 2. The number of halogens is 2. The molecular weight excluding hydrogens is 276 g/mol. The highest BCUT2D eigenvalue weighted by Gasteiger charge is 2.46. The van der Waals surface area contributed by atoms with Crippen LogP contribution in [0.25, 0.3) is 0 Å². The standard InChI is InChI=1S/C12H9F2NO5/c13-12(14)19-8-3-1-2-7(10(8)20-12)15-5-6(11(17)18)4-9(15)16/h1-3,6H,4-5H2,(H,17,18). The quantitative estimate of drug-likeness (QED) is 0.890. The highest BCUT2D eigenvalue weighted by molar-refractivity contribution is 6.00. The van der Waals surface area contributed by atoms with E-state index in [1.54, 1.807) is 0 Å². The Morgan fingerprint density at radius 2 is 2.15 bits per heavy atom. The second-order valence-corrected chi connectivity index (χ2v) is 4.52. The van der Waals surface area contributed by atoms with Gasteiger partial charge in [-0.3, -0.25) is 9.59 Å². The number of hydrogen-bond acceptors (Lipinski definition) is 4. The molecule has 1 saturated heterocycles. The molecule has 0 bridgehead atoms. The molecule has 0 saturated carbocycles. The number of benzene rings is 1. The van der Waals surface area contributed by atoms with Gasteiger partial charge in [0, 0.05) is 13.0 Å². The van der Waals surface area contributed by atoms with Crippen LogP contribution in [-0.4, -0.2) is 29.8 Å². The summed E-state index contributed by atoms with van der Waals surface area (Å²) in [6.45, 7) is -0.0838. The molecule has 1 aromatic rings. The predicted octanol–water partition coefficient (Wildman–Crippen LogP) is 1.45. The molecule has 1 aromatic carbocycles. The number of carbonyl (C=O) groups excluding carboxylic acids is 1. The Labute approximate surface area is 111 Å². The van der Waals surface area contributed by atoms with E-state index < -0.39 is 24.1 Å². The molecule has 0 spiro atoms. The predicted molar refractivity (Wildman–Crippen MR) is 60.7 cm³/mol. The van der Waals surface area contributed by atoms with E-state index in [1.165, 1.54) is 18.2 Å². The Hall–Kier alpha value is -2.38. The normalized spacial score (nSPS) is 23.2. The summed E-state index contributed by atoms with van der Waals surface area (Å²) < 4.78 is 34.8. The van der Waals surface area contributed by atoms with Crippen LogP contribution in [0.15, 0.2) is 18.2 Å². The number of hydrogen-bond donors (Lipinski definition) is 1. The van der Waals surface area contributed by atoms with Gasteiger partial charge in [0.15, 0.2) is 11.5 Å². The van der Waals surface area contributed by atoms with Gasteiger partial charge in [-0.2, -0.15) is 0 Å². The lowest BCUT2D eigenvalue weighted by molar-refractivity contribution is -0.286. The minimum absolute atomic E-state index is 0.0838. The largest absolute Gasteiger partial charge is 0.586 e. The monoisotopic (exact) mass is 285 g/mol. The second-order valence-electron chi connectivity index (χ2n) is 4.52. The van der Waals surface area contributed by atoms with Crippen LogP contribution in [-0.2, 0) is 9.59 Å². The van der Waals surface area contributed by atoms with Crippen molar-refractivity contribution in [3.8, 4) is 11.5 Å². The average molecular weight is 285 g/mol. The van der Waals surface area contributed by atoms with Crippen molar-refractivity contribution in [2.24, 2.45) is 5.92 Å². The minimum atomic E-state index is -3.78. The van der Waals surface area contributed by atoms with Crippen LogP contribution in [0.1, 0.15) is 6.42 Å². The number of para-hydroxylation sites is 1. The lowest BCUT2D eigenvalue weighted by atomic mass is 10.1. The van der Waals surface area contributed by atoms with Gasteiger partial charge >= 0.3 is 12.3 Å². The molecule has 1 atom stereocenters. The van der Waals surface area contributed by atoms with Crippen LogP contribution in [0.2, 0.25) is 0 Å². The number of rotatable bonds is 2. The highest BCUT2D eigenvalue weighted by atomic mass is 19.3. The number of nitrogens with zero attached hydrogens (tertiary/aromatic N) is 1. The number of carboxylic acids is 1. The maximum atomic E-state index is 13.1. The van der Waals surface area contributed by atoms with Gasteiger partial charge in [0.1, 0.15) is 0 Å². The molecule has 2 heterocycles. The number of amides is 1. The lowest BCUT2D eigenvalue weighted by Crippen LogP contribution is -2.28.